The molecule has 8 aromatic rings. The van der Waals surface area contributed by atoms with Crippen LogP contribution in [-0.4, -0.2) is 32.9 Å². The molecular weight excluding hydrogens is 1130 g/mol. The van der Waals surface area contributed by atoms with Crippen molar-refractivity contribution in [2.24, 2.45) is 5.41 Å². The molecule has 0 amide bonds. The number of rotatable bonds is 8. The normalized spacial score (nSPS) is 13.8. The van der Waals surface area contributed by atoms with E-state index in [0.717, 1.165) is 83.8 Å². The number of benzene rings is 6. The third-order valence-corrected chi connectivity index (χ3v) is 26.6. The summed E-state index contributed by atoms with van der Waals surface area (Å²) in [6.45, 7) is 38.9. The Morgan fingerprint density at radius 3 is 1.81 bits per heavy atom. The van der Waals surface area contributed by atoms with Gasteiger partial charge in [0.2, 0.25) is 0 Å². The summed E-state index contributed by atoms with van der Waals surface area (Å²) in [4.78, 5) is 11.2. The van der Waals surface area contributed by atoms with E-state index in [2.05, 4.69) is 244 Å². The van der Waals surface area contributed by atoms with Crippen molar-refractivity contribution in [1.29, 1.82) is 0 Å². The van der Waals surface area contributed by atoms with E-state index < -0.39 is 13.3 Å². The van der Waals surface area contributed by atoms with Gasteiger partial charge in [-0.1, -0.05) is 98.7 Å². The van der Waals surface area contributed by atoms with Crippen LogP contribution in [0.1, 0.15) is 146 Å². The Bertz CT molecular complexity index is 3380. The number of nitrogens with zero attached hydrogens (tertiary/aromatic N) is 3. The van der Waals surface area contributed by atoms with E-state index in [0.29, 0.717) is 5.82 Å². The first-order valence-corrected chi connectivity index (χ1v) is 31.5. The Labute approximate surface area is 455 Å². The van der Waals surface area contributed by atoms with Gasteiger partial charge in [0.1, 0.15) is 0 Å². The van der Waals surface area contributed by atoms with Gasteiger partial charge in [0, 0.05) is 21.1 Å². The number of para-hydroxylation sites is 1. The molecule has 0 saturated carbocycles. The molecule has 3 heterocycles. The molecule has 73 heavy (non-hydrogen) atoms. The molecule has 1 aliphatic heterocycles. The molecule has 1 N–H and O–H groups in total. The standard InChI is InChI=1S/C67H78GeN3O.Pt/c1-18-68(19-2)55-34-42(41-63(3,4)5)28-30-50(55)51-32-33-69-59(58(51)68)45-35-44(36-47(37-45)65(9,10)11)49-26-23-27-57-60(49)70-62(53-39-48(66(12,13)14)40-54(61(53)72)67(15,16)17)71(57)56-31-29-46(64(6,7)8)38-52(56)43-24-21-20-22-25-43;/h20-34,36-40,72H,18-19,41H2,1-17H3;/q-1;. The number of pyridine rings is 1. The smallest absolute Gasteiger partial charge is 0 e. The maximum Gasteiger partial charge on any atom is 0 e. The topological polar surface area (TPSA) is 50.9 Å². The van der Waals surface area contributed by atoms with E-state index in [1.165, 1.54) is 32.2 Å². The predicted octanol–water partition coefficient (Wildman–Crippen LogP) is 17.0. The summed E-state index contributed by atoms with van der Waals surface area (Å²) >= 11 is -2.97. The number of aromatic hydroxyl groups is 1. The Balaban J connectivity index is 0.00000711. The Hall–Kier alpha value is -5.03. The van der Waals surface area contributed by atoms with Crippen LogP contribution in [0.2, 0.25) is 10.5 Å². The third kappa shape index (κ3) is 10.0. The zero-order chi connectivity index (χ0) is 52.1. The van der Waals surface area contributed by atoms with Crippen molar-refractivity contribution in [1.82, 2.24) is 14.5 Å². The molecule has 1 aliphatic rings. The second-order valence-corrected chi connectivity index (χ2v) is 35.8. The number of imidazole rings is 1. The molecule has 0 unspecified atom stereocenters. The van der Waals surface area contributed by atoms with Crippen LogP contribution in [0.25, 0.3) is 72.7 Å². The molecule has 6 aromatic carbocycles. The molecule has 6 heteroatoms. The zero-order valence-corrected chi connectivity index (χ0v) is 51.1. The van der Waals surface area contributed by atoms with Gasteiger partial charge in [-0.05, 0) is 21.8 Å². The number of aromatic nitrogens is 3. The van der Waals surface area contributed by atoms with Crippen LogP contribution in [0.15, 0.2) is 121 Å². The minimum Gasteiger partial charge on any atom is 0 e. The van der Waals surface area contributed by atoms with Crippen LogP contribution in [0.3, 0.4) is 0 Å². The molecule has 0 aliphatic carbocycles. The number of hydrogen-bond acceptors (Lipinski definition) is 3. The number of fused-ring (bicyclic) bond motifs is 4. The van der Waals surface area contributed by atoms with Gasteiger partial charge < -0.3 is 0 Å². The summed E-state index contributed by atoms with van der Waals surface area (Å²) in [5.41, 5.74) is 18.1. The molecular formula is C67H78GeN3OPt-. The SMILES string of the molecule is C[CH2][Ge]1([CH2]C)[c]2cc(CC(C)(C)C)ccc2-c2ccnc(-c3[c-]c(-c4cccc5c4nc(-c4cc(C(C)(C)C)cc(C(C)(C)C)c4O)n5-c4ccc(C(C)(C)C)cc4-c4ccccc4)cc(C(C)(C)C)c3)[c]21.[Pt]. The summed E-state index contributed by atoms with van der Waals surface area (Å²) < 4.78 is 5.43. The molecule has 0 radical (unpaired) electrons. The van der Waals surface area contributed by atoms with Gasteiger partial charge in [-0.2, -0.15) is 0 Å². The van der Waals surface area contributed by atoms with Crippen molar-refractivity contribution < 1.29 is 26.2 Å². The van der Waals surface area contributed by atoms with Gasteiger partial charge in [0.05, 0.1) is 0 Å². The van der Waals surface area contributed by atoms with Crippen molar-refractivity contribution in [2.45, 2.75) is 156 Å². The first-order valence-electron chi connectivity index (χ1n) is 26.5. The van der Waals surface area contributed by atoms with Crippen molar-refractivity contribution in [3.05, 3.63) is 155 Å². The van der Waals surface area contributed by atoms with Crippen molar-refractivity contribution in [2.75, 3.05) is 0 Å². The molecule has 9 rings (SSSR count). The fraction of sp³-hybridized carbons (Fsp3) is 0.373. The second kappa shape index (κ2) is 19.3. The maximum absolute atomic E-state index is 12.7. The number of phenols is 1. The van der Waals surface area contributed by atoms with Crippen LogP contribution in [0, 0.1) is 11.5 Å². The largest absolute Gasteiger partial charge is 0 e. The van der Waals surface area contributed by atoms with Gasteiger partial charge in [-0.15, -0.1) is 0 Å². The van der Waals surface area contributed by atoms with Crippen LogP contribution in [-0.2, 0) is 49.1 Å². The third-order valence-electron chi connectivity index (χ3n) is 15.4. The molecule has 2 aromatic heterocycles. The number of hydrogen-bond donors (Lipinski definition) is 1. The van der Waals surface area contributed by atoms with Crippen LogP contribution < -0.4 is 8.79 Å². The van der Waals surface area contributed by atoms with Crippen molar-refractivity contribution >= 4 is 33.1 Å². The van der Waals surface area contributed by atoms with E-state index in [1.54, 1.807) is 4.40 Å². The Kier molecular flexibility index (Phi) is 14.3. The quantitative estimate of drug-likeness (QED) is 0.122. The summed E-state index contributed by atoms with van der Waals surface area (Å²) in [6, 6.07) is 47.0. The van der Waals surface area contributed by atoms with Gasteiger partial charge in [0.25, 0.3) is 0 Å². The maximum atomic E-state index is 12.7. The fourth-order valence-corrected chi connectivity index (χ4v) is 21.4. The molecule has 0 bridgehead atoms. The van der Waals surface area contributed by atoms with Gasteiger partial charge in [0.15, 0.2) is 0 Å². The van der Waals surface area contributed by atoms with E-state index >= 15 is 0 Å². The van der Waals surface area contributed by atoms with Gasteiger partial charge in [-0.25, -0.2) is 0 Å². The predicted molar refractivity (Wildman–Crippen MR) is 310 cm³/mol. The Morgan fingerprint density at radius 1 is 0.562 bits per heavy atom. The first kappa shape index (κ1) is 54.2. The van der Waals surface area contributed by atoms with Crippen LogP contribution in [0.4, 0.5) is 0 Å². The average Bonchev–Trinajstić information content (AvgIpc) is 3.83. The Morgan fingerprint density at radius 2 is 1.19 bits per heavy atom. The van der Waals surface area contributed by atoms with Crippen LogP contribution >= 0.6 is 0 Å². The molecule has 382 valence electrons. The van der Waals surface area contributed by atoms with Crippen LogP contribution in [0.5, 0.6) is 5.75 Å². The monoisotopic (exact) mass is 1210 g/mol. The van der Waals surface area contributed by atoms with E-state index in [-0.39, 0.29) is 53.9 Å². The summed E-state index contributed by atoms with van der Waals surface area (Å²) in [5, 5.41) is 15.0. The summed E-state index contributed by atoms with van der Waals surface area (Å²) in [5.74, 6) is 0.968. The summed E-state index contributed by atoms with van der Waals surface area (Å²) in [6.07, 6.45) is 3.09. The second-order valence-electron chi connectivity index (χ2n) is 26.1. The summed E-state index contributed by atoms with van der Waals surface area (Å²) in [7, 11) is 0. The van der Waals surface area contributed by atoms with Gasteiger partial charge >= 0.3 is 317 Å². The van der Waals surface area contributed by atoms with Gasteiger partial charge in [-0.3, -0.25) is 0 Å². The molecule has 0 fully saturated rings. The van der Waals surface area contributed by atoms with Crippen molar-refractivity contribution in [3.8, 4) is 67.5 Å². The minimum absolute atomic E-state index is 0. The first-order chi connectivity index (χ1) is 33.6. The minimum atomic E-state index is -2.97. The average molecular weight is 1210 g/mol. The number of phenolic OH excluding ortho intramolecular Hbond substituents is 1. The zero-order valence-electron chi connectivity index (χ0n) is 46.8. The van der Waals surface area contributed by atoms with E-state index in [9.17, 15) is 5.11 Å². The molecule has 4 nitrogen and oxygen atoms in total. The molecule has 0 saturated heterocycles. The van der Waals surface area contributed by atoms with E-state index in [4.69, 9.17) is 9.97 Å². The van der Waals surface area contributed by atoms with E-state index in [1.807, 2.05) is 6.20 Å². The molecule has 0 atom stereocenters. The molecule has 0 spiro atoms. The fourth-order valence-electron chi connectivity index (χ4n) is 11.3. The van der Waals surface area contributed by atoms with Crippen molar-refractivity contribution in [3.63, 3.8) is 0 Å².